The average molecular weight is 353 g/mol. The molecule has 2 aliphatic rings. The van der Waals surface area contributed by atoms with Crippen LogP contribution in [0.1, 0.15) is 31.4 Å². The quantitative estimate of drug-likeness (QED) is 0.846. The van der Waals surface area contributed by atoms with Gasteiger partial charge in [-0.15, -0.1) is 0 Å². The summed E-state index contributed by atoms with van der Waals surface area (Å²) in [5, 5.41) is 4.64. The van der Waals surface area contributed by atoms with E-state index in [0.29, 0.717) is 11.8 Å². The predicted octanol–water partition coefficient (Wildman–Crippen LogP) is 2.32. The van der Waals surface area contributed by atoms with Crippen LogP contribution in [0.5, 0.6) is 0 Å². The molecule has 2 fully saturated rings. The first kappa shape index (κ1) is 17.2. The van der Waals surface area contributed by atoms with Crippen LogP contribution in [0.3, 0.4) is 0 Å². The molecule has 3 heterocycles. The molecular weight excluding hydrogens is 326 g/mol. The van der Waals surface area contributed by atoms with Crippen molar-refractivity contribution in [3.8, 4) is 11.3 Å². The number of amides is 1. The topological polar surface area (TPSA) is 54.3 Å². The summed E-state index contributed by atoms with van der Waals surface area (Å²) in [5.41, 5.74) is 3.28. The van der Waals surface area contributed by atoms with Crippen molar-refractivity contribution in [2.75, 3.05) is 26.2 Å². The summed E-state index contributed by atoms with van der Waals surface area (Å²) in [7, 11) is 2.00. The van der Waals surface area contributed by atoms with Crippen LogP contribution < -0.4 is 0 Å². The molecule has 1 amide bonds. The van der Waals surface area contributed by atoms with Crippen LogP contribution >= 0.6 is 0 Å². The molecule has 2 aromatic rings. The lowest BCUT2D eigenvalue weighted by molar-refractivity contribution is -0.137. The molecule has 0 unspecified atom stereocenters. The molecule has 0 radical (unpaired) electrons. The van der Waals surface area contributed by atoms with Crippen molar-refractivity contribution >= 4 is 5.91 Å². The maximum atomic E-state index is 12.6. The Labute approximate surface area is 154 Å². The summed E-state index contributed by atoms with van der Waals surface area (Å²) < 4.78 is 1.96. The van der Waals surface area contributed by atoms with Gasteiger partial charge in [0.25, 0.3) is 0 Å². The van der Waals surface area contributed by atoms with Gasteiger partial charge in [0, 0.05) is 63.6 Å². The van der Waals surface area contributed by atoms with Crippen LogP contribution in [0.25, 0.3) is 11.3 Å². The van der Waals surface area contributed by atoms with E-state index in [0.717, 1.165) is 56.8 Å². The highest BCUT2D eigenvalue weighted by atomic mass is 16.2. The fourth-order valence-corrected chi connectivity index (χ4v) is 4.10. The lowest BCUT2D eigenvalue weighted by atomic mass is 10.1. The minimum absolute atomic E-state index is 0.293. The van der Waals surface area contributed by atoms with Crippen molar-refractivity contribution in [2.45, 2.75) is 32.2 Å². The Kier molecular flexibility index (Phi) is 5.02. The van der Waals surface area contributed by atoms with Gasteiger partial charge in [-0.2, -0.15) is 5.10 Å². The van der Waals surface area contributed by atoms with Crippen molar-refractivity contribution in [1.29, 1.82) is 0 Å². The fraction of sp³-hybridized carbons (Fsp3) is 0.550. The van der Waals surface area contributed by atoms with Gasteiger partial charge in [-0.25, -0.2) is 0 Å². The van der Waals surface area contributed by atoms with Crippen LogP contribution in [0.15, 0.2) is 30.6 Å². The molecule has 0 bridgehead atoms. The van der Waals surface area contributed by atoms with Crippen molar-refractivity contribution in [3.63, 3.8) is 0 Å². The van der Waals surface area contributed by atoms with Gasteiger partial charge in [-0.3, -0.25) is 19.4 Å². The standard InChI is InChI=1S/C20H27N5O/c1-23-18(14-19(22-23)16-6-8-21-9-7-16)15-24-10-12-25(13-11-24)20(26)17-4-2-3-5-17/h6-9,14,17H,2-5,10-13,15H2,1H3. The molecular formula is C20H27N5O. The Morgan fingerprint density at radius 2 is 1.81 bits per heavy atom. The molecule has 6 heteroatoms. The number of aryl methyl sites for hydroxylation is 1. The third-order valence-electron chi connectivity index (χ3n) is 5.73. The van der Waals surface area contributed by atoms with Gasteiger partial charge in [0.2, 0.25) is 5.91 Å². The largest absolute Gasteiger partial charge is 0.340 e. The lowest BCUT2D eigenvalue weighted by Gasteiger charge is -2.35. The van der Waals surface area contributed by atoms with Crippen molar-refractivity contribution in [3.05, 3.63) is 36.3 Å². The first-order valence-electron chi connectivity index (χ1n) is 9.65. The fourth-order valence-electron chi connectivity index (χ4n) is 4.10. The molecule has 2 aromatic heterocycles. The van der Waals surface area contributed by atoms with Gasteiger partial charge in [0.05, 0.1) is 11.4 Å². The Hall–Kier alpha value is -2.21. The predicted molar refractivity (Wildman–Crippen MR) is 100 cm³/mol. The Morgan fingerprint density at radius 3 is 2.50 bits per heavy atom. The molecule has 1 saturated heterocycles. The number of pyridine rings is 1. The first-order chi connectivity index (χ1) is 12.7. The highest BCUT2D eigenvalue weighted by molar-refractivity contribution is 5.79. The summed E-state index contributed by atoms with van der Waals surface area (Å²) >= 11 is 0. The smallest absolute Gasteiger partial charge is 0.225 e. The second-order valence-corrected chi connectivity index (χ2v) is 7.46. The lowest BCUT2D eigenvalue weighted by Crippen LogP contribution is -2.49. The van der Waals surface area contributed by atoms with Crippen molar-refractivity contribution < 1.29 is 4.79 Å². The number of hydrogen-bond donors (Lipinski definition) is 0. The summed E-state index contributed by atoms with van der Waals surface area (Å²) in [5.74, 6) is 0.684. The minimum Gasteiger partial charge on any atom is -0.340 e. The monoisotopic (exact) mass is 353 g/mol. The molecule has 138 valence electrons. The van der Waals surface area contributed by atoms with E-state index in [1.54, 1.807) is 12.4 Å². The maximum absolute atomic E-state index is 12.6. The number of carbonyl (C=O) groups excluding carboxylic acids is 1. The van der Waals surface area contributed by atoms with E-state index in [-0.39, 0.29) is 0 Å². The van der Waals surface area contributed by atoms with Crippen molar-refractivity contribution in [2.24, 2.45) is 13.0 Å². The summed E-state index contributed by atoms with van der Waals surface area (Å²) in [6.45, 7) is 4.46. The third kappa shape index (κ3) is 3.65. The molecule has 6 nitrogen and oxygen atoms in total. The minimum atomic E-state index is 0.293. The molecule has 4 rings (SSSR count). The SMILES string of the molecule is Cn1nc(-c2ccncc2)cc1CN1CCN(C(=O)C2CCCC2)CC1. The molecule has 1 aliphatic carbocycles. The van der Waals surface area contributed by atoms with E-state index in [9.17, 15) is 4.79 Å². The van der Waals surface area contributed by atoms with E-state index in [1.807, 2.05) is 23.9 Å². The number of rotatable bonds is 4. The zero-order valence-electron chi connectivity index (χ0n) is 15.5. The molecule has 0 aromatic carbocycles. The average Bonchev–Trinajstić information content (AvgIpc) is 3.33. The van der Waals surface area contributed by atoms with E-state index in [1.165, 1.54) is 18.5 Å². The van der Waals surface area contributed by atoms with E-state index >= 15 is 0 Å². The first-order valence-corrected chi connectivity index (χ1v) is 9.65. The maximum Gasteiger partial charge on any atom is 0.225 e. The van der Waals surface area contributed by atoms with Crippen LogP contribution in [0, 0.1) is 5.92 Å². The van der Waals surface area contributed by atoms with Crippen LogP contribution in [0.2, 0.25) is 0 Å². The molecule has 26 heavy (non-hydrogen) atoms. The highest BCUT2D eigenvalue weighted by Gasteiger charge is 2.29. The second kappa shape index (κ2) is 7.58. The van der Waals surface area contributed by atoms with E-state index in [2.05, 4.69) is 25.9 Å². The highest BCUT2D eigenvalue weighted by Crippen LogP contribution is 2.27. The Morgan fingerprint density at radius 1 is 1.12 bits per heavy atom. The zero-order chi connectivity index (χ0) is 17.9. The number of piperazine rings is 1. The van der Waals surface area contributed by atoms with Gasteiger partial charge in [-0.05, 0) is 31.0 Å². The number of hydrogen-bond acceptors (Lipinski definition) is 4. The van der Waals surface area contributed by atoms with Gasteiger partial charge in [0.1, 0.15) is 0 Å². The Balaban J connectivity index is 1.34. The van der Waals surface area contributed by atoms with E-state index < -0.39 is 0 Å². The molecule has 0 N–H and O–H groups in total. The number of aromatic nitrogens is 3. The normalized spacial score (nSPS) is 19.2. The molecule has 1 aliphatic heterocycles. The number of carbonyl (C=O) groups is 1. The van der Waals surface area contributed by atoms with Gasteiger partial charge >= 0.3 is 0 Å². The molecule has 0 spiro atoms. The third-order valence-corrected chi connectivity index (χ3v) is 5.73. The molecule has 1 saturated carbocycles. The molecule has 0 atom stereocenters. The van der Waals surface area contributed by atoms with Gasteiger partial charge < -0.3 is 4.90 Å². The van der Waals surface area contributed by atoms with Crippen molar-refractivity contribution in [1.82, 2.24) is 24.6 Å². The van der Waals surface area contributed by atoms with Crippen LogP contribution in [-0.4, -0.2) is 56.7 Å². The zero-order valence-corrected chi connectivity index (χ0v) is 15.5. The van der Waals surface area contributed by atoms with E-state index in [4.69, 9.17) is 0 Å². The second-order valence-electron chi connectivity index (χ2n) is 7.46. The number of nitrogens with zero attached hydrogens (tertiary/aromatic N) is 5. The summed E-state index contributed by atoms with van der Waals surface area (Å²) in [4.78, 5) is 21.1. The Bertz CT molecular complexity index is 743. The van der Waals surface area contributed by atoms with Crippen LogP contribution in [-0.2, 0) is 18.4 Å². The summed E-state index contributed by atoms with van der Waals surface area (Å²) in [6, 6.07) is 6.13. The van der Waals surface area contributed by atoms with Crippen LogP contribution in [0.4, 0.5) is 0 Å². The van der Waals surface area contributed by atoms with Gasteiger partial charge in [0.15, 0.2) is 0 Å². The van der Waals surface area contributed by atoms with Gasteiger partial charge in [-0.1, -0.05) is 12.8 Å². The summed E-state index contributed by atoms with van der Waals surface area (Å²) in [6.07, 6.45) is 8.21.